The Morgan fingerprint density at radius 2 is 2.00 bits per heavy atom. The molecule has 8 heteroatoms. The number of aliphatic hydroxyl groups excluding tert-OH is 1. The van der Waals surface area contributed by atoms with Crippen molar-refractivity contribution in [3.8, 4) is 0 Å². The molecule has 158 valence electrons. The second kappa shape index (κ2) is 9.05. The van der Waals surface area contributed by atoms with E-state index in [1.165, 1.54) is 18.4 Å². The number of amides is 1. The fraction of sp³-hybridized carbons (Fsp3) is 0.524. The van der Waals surface area contributed by atoms with Crippen molar-refractivity contribution in [1.82, 2.24) is 4.90 Å². The Hall–Kier alpha value is -2.25. The van der Waals surface area contributed by atoms with Crippen LogP contribution in [-0.4, -0.2) is 61.8 Å². The van der Waals surface area contributed by atoms with Crippen molar-refractivity contribution < 1.29 is 19.4 Å². The van der Waals surface area contributed by atoms with Crippen molar-refractivity contribution in [3.05, 3.63) is 34.5 Å². The normalized spacial score (nSPS) is 22.3. The molecule has 0 saturated carbocycles. The summed E-state index contributed by atoms with van der Waals surface area (Å²) in [6.07, 6.45) is 1.21. The van der Waals surface area contributed by atoms with Crippen molar-refractivity contribution in [2.45, 2.75) is 20.3 Å². The number of methoxy groups -OCH3 is 1. The van der Waals surface area contributed by atoms with E-state index in [1.54, 1.807) is 6.07 Å². The van der Waals surface area contributed by atoms with Crippen LogP contribution < -0.4 is 10.2 Å². The Kier molecular flexibility index (Phi) is 6.70. The predicted molar refractivity (Wildman–Crippen MR) is 113 cm³/mol. The zero-order valence-electron chi connectivity index (χ0n) is 17.1. The largest absolute Gasteiger partial charge is 0.466 e. The molecule has 0 bridgehead atoms. The highest BCUT2D eigenvalue weighted by Crippen LogP contribution is 2.34. The van der Waals surface area contributed by atoms with E-state index < -0.39 is 5.97 Å². The third kappa shape index (κ3) is 4.67. The third-order valence-electron chi connectivity index (χ3n) is 5.38. The van der Waals surface area contributed by atoms with Crippen LogP contribution in [0.3, 0.4) is 0 Å². The molecule has 29 heavy (non-hydrogen) atoms. The Balaban J connectivity index is 1.82. The van der Waals surface area contributed by atoms with Gasteiger partial charge in [0.2, 0.25) is 0 Å². The first-order chi connectivity index (χ1) is 13.8. The van der Waals surface area contributed by atoms with Crippen LogP contribution in [0.4, 0.5) is 11.4 Å². The number of esters is 1. The summed E-state index contributed by atoms with van der Waals surface area (Å²) >= 11 is 6.57. The van der Waals surface area contributed by atoms with Crippen LogP contribution in [0.2, 0.25) is 5.02 Å². The maximum atomic E-state index is 12.6. The average Bonchev–Trinajstić information content (AvgIpc) is 2.97. The summed E-state index contributed by atoms with van der Waals surface area (Å²) in [6.45, 7) is 6.49. The van der Waals surface area contributed by atoms with Crippen molar-refractivity contribution in [1.29, 1.82) is 0 Å². The molecule has 2 N–H and O–H groups in total. The van der Waals surface area contributed by atoms with Crippen LogP contribution in [0.25, 0.3) is 0 Å². The molecule has 1 aromatic rings. The van der Waals surface area contributed by atoms with E-state index in [0.29, 0.717) is 22.5 Å². The van der Waals surface area contributed by atoms with Gasteiger partial charge in [-0.15, -0.1) is 0 Å². The summed E-state index contributed by atoms with van der Waals surface area (Å²) in [7, 11) is 1.28. The van der Waals surface area contributed by atoms with Crippen LogP contribution in [0, 0.1) is 11.8 Å². The van der Waals surface area contributed by atoms with Crippen LogP contribution in [-0.2, 0) is 14.3 Å². The molecule has 1 saturated heterocycles. The van der Waals surface area contributed by atoms with E-state index in [-0.39, 0.29) is 36.9 Å². The zero-order valence-corrected chi connectivity index (χ0v) is 17.8. The van der Waals surface area contributed by atoms with Gasteiger partial charge in [-0.2, -0.15) is 0 Å². The standard InChI is InChI=1S/C21H28ClN3O4/c1-13-8-14(2)11-25(10-13)18-5-4-15(9-17(18)22)23-19-16(21(28)29-3)12-24(6-7-26)20(19)27/h4-5,9,13-14,23,26H,6-8,10-12H2,1-3H3. The number of β-amino-alcohol motifs (C(OH)–C–C–N with tert-alkyl or cyclic N) is 1. The number of nitrogens with zero attached hydrogens (tertiary/aromatic N) is 2. The number of nitrogens with one attached hydrogen (secondary N) is 1. The quantitative estimate of drug-likeness (QED) is 0.687. The van der Waals surface area contributed by atoms with Gasteiger partial charge in [-0.05, 0) is 36.5 Å². The molecule has 3 rings (SSSR count). The van der Waals surface area contributed by atoms with E-state index in [2.05, 4.69) is 24.1 Å². The fourth-order valence-corrected chi connectivity index (χ4v) is 4.49. The molecule has 0 aromatic heterocycles. The number of halogens is 1. The number of piperidine rings is 1. The Bertz CT molecular complexity index is 816. The van der Waals surface area contributed by atoms with Gasteiger partial charge in [-0.3, -0.25) is 4.79 Å². The molecule has 2 unspecified atom stereocenters. The number of hydrogen-bond donors (Lipinski definition) is 2. The lowest BCUT2D eigenvalue weighted by atomic mass is 9.91. The number of anilines is 2. The summed E-state index contributed by atoms with van der Waals surface area (Å²) < 4.78 is 4.81. The maximum Gasteiger partial charge on any atom is 0.337 e. The minimum Gasteiger partial charge on any atom is -0.466 e. The smallest absolute Gasteiger partial charge is 0.337 e. The molecule has 2 aliphatic rings. The van der Waals surface area contributed by atoms with Gasteiger partial charge in [0.05, 0.1) is 36.5 Å². The van der Waals surface area contributed by atoms with Gasteiger partial charge in [0, 0.05) is 25.3 Å². The molecule has 1 fully saturated rings. The molecule has 0 spiro atoms. The van der Waals surface area contributed by atoms with Gasteiger partial charge in [-0.1, -0.05) is 25.4 Å². The zero-order chi connectivity index (χ0) is 21.1. The van der Waals surface area contributed by atoms with Crippen LogP contribution in [0.1, 0.15) is 20.3 Å². The van der Waals surface area contributed by atoms with Gasteiger partial charge in [0.15, 0.2) is 0 Å². The number of hydrogen-bond acceptors (Lipinski definition) is 6. The van der Waals surface area contributed by atoms with Crippen molar-refractivity contribution in [2.75, 3.05) is 50.1 Å². The van der Waals surface area contributed by atoms with Gasteiger partial charge in [0.25, 0.3) is 5.91 Å². The first-order valence-corrected chi connectivity index (χ1v) is 10.2. The second-order valence-corrected chi connectivity index (χ2v) is 8.34. The van der Waals surface area contributed by atoms with E-state index in [4.69, 9.17) is 21.4 Å². The lowest BCUT2D eigenvalue weighted by Crippen LogP contribution is -2.38. The third-order valence-corrected chi connectivity index (χ3v) is 5.68. The minimum atomic E-state index is -0.569. The van der Waals surface area contributed by atoms with E-state index >= 15 is 0 Å². The number of carbonyl (C=O) groups is 2. The summed E-state index contributed by atoms with van der Waals surface area (Å²) in [5.41, 5.74) is 1.99. The topological polar surface area (TPSA) is 82.1 Å². The van der Waals surface area contributed by atoms with Crippen molar-refractivity contribution in [3.63, 3.8) is 0 Å². The Morgan fingerprint density at radius 3 is 2.59 bits per heavy atom. The SMILES string of the molecule is COC(=O)C1=C(Nc2ccc(N3CC(C)CC(C)C3)c(Cl)c2)C(=O)N(CCO)C1. The minimum absolute atomic E-state index is 0.101. The second-order valence-electron chi connectivity index (χ2n) is 7.94. The molecule has 2 heterocycles. The molecule has 2 aliphatic heterocycles. The lowest BCUT2D eigenvalue weighted by molar-refractivity contribution is -0.136. The summed E-state index contributed by atoms with van der Waals surface area (Å²) in [4.78, 5) is 28.5. The number of benzene rings is 1. The summed E-state index contributed by atoms with van der Waals surface area (Å²) in [6, 6.07) is 5.57. The van der Waals surface area contributed by atoms with E-state index in [1.807, 2.05) is 12.1 Å². The Morgan fingerprint density at radius 1 is 1.31 bits per heavy atom. The molecule has 1 amide bonds. The predicted octanol–water partition coefficient (Wildman–Crippen LogP) is 2.50. The maximum absolute atomic E-state index is 12.6. The monoisotopic (exact) mass is 421 g/mol. The molecular formula is C21H28ClN3O4. The molecule has 0 aliphatic carbocycles. The van der Waals surface area contributed by atoms with E-state index in [0.717, 1.165) is 18.8 Å². The van der Waals surface area contributed by atoms with Gasteiger partial charge >= 0.3 is 5.97 Å². The molecule has 1 aromatic carbocycles. The Labute approximate surface area is 176 Å². The lowest BCUT2D eigenvalue weighted by Gasteiger charge is -2.37. The highest BCUT2D eigenvalue weighted by Gasteiger charge is 2.34. The van der Waals surface area contributed by atoms with Crippen LogP contribution in [0.15, 0.2) is 29.5 Å². The number of ether oxygens (including phenoxy) is 1. The molecule has 7 nitrogen and oxygen atoms in total. The first kappa shape index (κ1) is 21.5. The molecular weight excluding hydrogens is 394 g/mol. The van der Waals surface area contributed by atoms with Gasteiger partial charge < -0.3 is 25.0 Å². The average molecular weight is 422 g/mol. The van der Waals surface area contributed by atoms with Crippen LogP contribution >= 0.6 is 11.6 Å². The van der Waals surface area contributed by atoms with Crippen LogP contribution in [0.5, 0.6) is 0 Å². The first-order valence-electron chi connectivity index (χ1n) is 9.87. The molecule has 0 radical (unpaired) electrons. The van der Waals surface area contributed by atoms with E-state index in [9.17, 15) is 9.59 Å². The number of carbonyl (C=O) groups excluding carboxylic acids is 2. The summed E-state index contributed by atoms with van der Waals surface area (Å²) in [5.74, 6) is 0.293. The summed E-state index contributed by atoms with van der Waals surface area (Å²) in [5, 5.41) is 12.8. The van der Waals surface area contributed by atoms with Gasteiger partial charge in [-0.25, -0.2) is 4.79 Å². The highest BCUT2D eigenvalue weighted by atomic mass is 35.5. The van der Waals surface area contributed by atoms with Gasteiger partial charge in [0.1, 0.15) is 5.70 Å². The van der Waals surface area contributed by atoms with Crippen molar-refractivity contribution in [2.24, 2.45) is 11.8 Å². The highest BCUT2D eigenvalue weighted by molar-refractivity contribution is 6.33. The number of rotatable bonds is 6. The fourth-order valence-electron chi connectivity index (χ4n) is 4.19. The molecule has 2 atom stereocenters. The number of aliphatic hydroxyl groups is 1. The van der Waals surface area contributed by atoms with Crippen molar-refractivity contribution >= 4 is 34.9 Å².